The van der Waals surface area contributed by atoms with E-state index in [-0.39, 0.29) is 6.10 Å². The quantitative estimate of drug-likeness (QED) is 0.558. The van der Waals surface area contributed by atoms with Crippen LogP contribution in [0.2, 0.25) is 0 Å². The summed E-state index contributed by atoms with van der Waals surface area (Å²) in [5, 5.41) is 0. The Bertz CT molecular complexity index is 437. The number of rotatable bonds is 6. The molecule has 1 amide bonds. The average molecular weight is 305 g/mol. The molecule has 5 nitrogen and oxygen atoms in total. The van der Waals surface area contributed by atoms with Crippen LogP contribution in [0.25, 0.3) is 0 Å². The monoisotopic (exact) mass is 305 g/mol. The zero-order valence-electron chi connectivity index (χ0n) is 13.6. The summed E-state index contributed by atoms with van der Waals surface area (Å²) in [4.78, 5) is 19.0. The van der Waals surface area contributed by atoms with Gasteiger partial charge in [0.1, 0.15) is 0 Å². The van der Waals surface area contributed by atoms with E-state index in [2.05, 4.69) is 28.4 Å². The molecule has 2 rings (SSSR count). The number of likely N-dealkylation sites (tertiary alicyclic amines) is 1. The maximum atomic E-state index is 10.8. The second kappa shape index (κ2) is 8.73. The van der Waals surface area contributed by atoms with Gasteiger partial charge in [-0.25, -0.2) is 0 Å². The van der Waals surface area contributed by atoms with Crippen LogP contribution in [0.3, 0.4) is 0 Å². The lowest BCUT2D eigenvalue weighted by Gasteiger charge is -2.35. The molecule has 0 aliphatic carbocycles. The molecule has 5 heteroatoms. The Morgan fingerprint density at radius 2 is 2.23 bits per heavy atom. The van der Waals surface area contributed by atoms with Gasteiger partial charge in [0.25, 0.3) is 0 Å². The molecule has 1 saturated heterocycles. The molecule has 122 valence electrons. The van der Waals surface area contributed by atoms with Gasteiger partial charge in [0.05, 0.1) is 12.7 Å². The summed E-state index contributed by atoms with van der Waals surface area (Å²) < 4.78 is 5.82. The lowest BCUT2D eigenvalue weighted by molar-refractivity contribution is -0.119. The van der Waals surface area contributed by atoms with Crippen LogP contribution < -0.4 is 0 Å². The van der Waals surface area contributed by atoms with Gasteiger partial charge in [0.15, 0.2) is 0 Å². The van der Waals surface area contributed by atoms with E-state index in [4.69, 9.17) is 4.74 Å². The van der Waals surface area contributed by atoms with E-state index in [0.29, 0.717) is 12.6 Å². The van der Waals surface area contributed by atoms with Crippen molar-refractivity contribution in [3.63, 3.8) is 0 Å². The normalized spacial score (nSPS) is 21.8. The van der Waals surface area contributed by atoms with E-state index in [1.807, 2.05) is 18.0 Å². The second-order valence-corrected chi connectivity index (χ2v) is 5.95. The van der Waals surface area contributed by atoms with Gasteiger partial charge in [-0.1, -0.05) is 6.08 Å². The molecular formula is C17H27N3O2. The first-order valence-electron chi connectivity index (χ1n) is 8.10. The number of amides is 1. The van der Waals surface area contributed by atoms with E-state index in [9.17, 15) is 4.79 Å². The predicted octanol–water partition coefficient (Wildman–Crippen LogP) is 2.21. The lowest BCUT2D eigenvalue weighted by Crippen LogP contribution is -2.40. The number of allylic oxidation sites excluding steroid dienone is 1. The fourth-order valence-corrected chi connectivity index (χ4v) is 2.90. The Morgan fingerprint density at radius 1 is 1.45 bits per heavy atom. The molecule has 2 heterocycles. The van der Waals surface area contributed by atoms with Crippen molar-refractivity contribution in [1.29, 1.82) is 0 Å². The summed E-state index contributed by atoms with van der Waals surface area (Å²) in [6.07, 6.45) is 13.6. The highest BCUT2D eigenvalue weighted by molar-refractivity contribution is 5.62. The highest BCUT2D eigenvalue weighted by Gasteiger charge is 2.22. The molecule has 1 unspecified atom stereocenters. The van der Waals surface area contributed by atoms with Crippen LogP contribution in [0.5, 0.6) is 0 Å². The molecule has 0 aromatic heterocycles. The van der Waals surface area contributed by atoms with Gasteiger partial charge in [0.2, 0.25) is 6.41 Å². The number of carbonyl (C=O) groups excluding carboxylic acids is 1. The molecule has 0 bridgehead atoms. The minimum atomic E-state index is 0.0476. The van der Waals surface area contributed by atoms with E-state index in [0.717, 1.165) is 45.2 Å². The molecule has 0 spiro atoms. The Morgan fingerprint density at radius 3 is 2.91 bits per heavy atom. The molecule has 1 atom stereocenters. The average Bonchev–Trinajstić information content (AvgIpc) is 2.79. The Labute approximate surface area is 133 Å². The van der Waals surface area contributed by atoms with Gasteiger partial charge in [-0.15, -0.1) is 0 Å². The number of piperidine rings is 1. The highest BCUT2D eigenvalue weighted by Crippen LogP contribution is 2.21. The Hall–Kier alpha value is -1.62. The zero-order chi connectivity index (χ0) is 15.8. The van der Waals surface area contributed by atoms with Gasteiger partial charge >= 0.3 is 0 Å². The Balaban J connectivity index is 1.92. The summed E-state index contributed by atoms with van der Waals surface area (Å²) in [5.41, 5.74) is 1.32. The first-order chi connectivity index (χ1) is 10.7. The van der Waals surface area contributed by atoms with Crippen molar-refractivity contribution in [2.24, 2.45) is 4.99 Å². The van der Waals surface area contributed by atoms with Crippen molar-refractivity contribution in [3.05, 3.63) is 24.0 Å². The van der Waals surface area contributed by atoms with E-state index < -0.39 is 0 Å². The summed E-state index contributed by atoms with van der Waals surface area (Å²) in [5.74, 6) is 0. The second-order valence-electron chi connectivity index (χ2n) is 5.95. The maximum Gasteiger partial charge on any atom is 0.209 e. The van der Waals surface area contributed by atoms with Crippen LogP contribution in [-0.4, -0.2) is 61.3 Å². The fraction of sp³-hybridized carbons (Fsp3) is 0.647. The van der Waals surface area contributed by atoms with Crippen LogP contribution in [0.4, 0.5) is 0 Å². The molecular weight excluding hydrogens is 278 g/mol. The molecule has 2 aliphatic rings. The van der Waals surface area contributed by atoms with E-state index in [1.165, 1.54) is 5.57 Å². The summed E-state index contributed by atoms with van der Waals surface area (Å²) in [7, 11) is 1.77. The molecule has 0 aromatic carbocycles. The van der Waals surface area contributed by atoms with Gasteiger partial charge < -0.3 is 14.5 Å². The first-order valence-corrected chi connectivity index (χ1v) is 8.10. The standard InChI is InChI=1S/C17H27N3O2/c1-15(11-18-2)22-13-16-5-3-4-8-20(12-16)17-6-9-19(14-21)10-7-17/h4,8,11-12,14-15,17H,3,5-7,9-10,13H2,1-2H3. The van der Waals surface area contributed by atoms with E-state index in [1.54, 1.807) is 7.05 Å². The van der Waals surface area contributed by atoms with Crippen molar-refractivity contribution < 1.29 is 9.53 Å². The van der Waals surface area contributed by atoms with Crippen molar-refractivity contribution in [1.82, 2.24) is 9.80 Å². The van der Waals surface area contributed by atoms with Gasteiger partial charge in [-0.2, -0.15) is 0 Å². The van der Waals surface area contributed by atoms with Crippen molar-refractivity contribution in [2.75, 3.05) is 26.7 Å². The van der Waals surface area contributed by atoms with E-state index >= 15 is 0 Å². The molecule has 22 heavy (non-hydrogen) atoms. The highest BCUT2D eigenvalue weighted by atomic mass is 16.5. The van der Waals surface area contributed by atoms with Crippen LogP contribution >= 0.6 is 0 Å². The lowest BCUT2D eigenvalue weighted by atomic mass is 10.0. The van der Waals surface area contributed by atoms with Crippen LogP contribution in [-0.2, 0) is 9.53 Å². The van der Waals surface area contributed by atoms with Gasteiger partial charge in [0, 0.05) is 38.6 Å². The van der Waals surface area contributed by atoms with Crippen molar-refractivity contribution in [3.8, 4) is 0 Å². The minimum Gasteiger partial charge on any atom is -0.368 e. The number of hydrogen-bond donors (Lipinski definition) is 0. The summed E-state index contributed by atoms with van der Waals surface area (Å²) >= 11 is 0. The molecule has 0 saturated carbocycles. The first kappa shape index (κ1) is 16.7. The number of carbonyl (C=O) groups is 1. The van der Waals surface area contributed by atoms with Crippen molar-refractivity contribution >= 4 is 12.6 Å². The van der Waals surface area contributed by atoms with Crippen LogP contribution in [0.15, 0.2) is 29.0 Å². The minimum absolute atomic E-state index is 0.0476. The molecule has 0 radical (unpaired) electrons. The SMILES string of the molecule is CN=CC(C)OCC1=CN(C2CCN(C=O)CC2)C=CCC1. The van der Waals surface area contributed by atoms with Gasteiger partial charge in [-0.05, 0) is 44.4 Å². The predicted molar refractivity (Wildman–Crippen MR) is 88.8 cm³/mol. The van der Waals surface area contributed by atoms with Gasteiger partial charge in [-0.3, -0.25) is 9.79 Å². The summed E-state index contributed by atoms with van der Waals surface area (Å²) in [6, 6.07) is 0.482. The third-order valence-electron chi connectivity index (χ3n) is 4.20. The number of nitrogens with zero attached hydrogens (tertiary/aromatic N) is 3. The molecule has 0 aromatic rings. The van der Waals surface area contributed by atoms with Crippen LogP contribution in [0, 0.1) is 0 Å². The smallest absolute Gasteiger partial charge is 0.209 e. The number of ether oxygens (including phenoxy) is 1. The third-order valence-corrected chi connectivity index (χ3v) is 4.20. The molecule has 0 N–H and O–H groups in total. The topological polar surface area (TPSA) is 45.1 Å². The number of hydrogen-bond acceptors (Lipinski definition) is 4. The fourth-order valence-electron chi connectivity index (χ4n) is 2.90. The largest absolute Gasteiger partial charge is 0.368 e. The molecule has 2 aliphatic heterocycles. The third kappa shape index (κ3) is 4.98. The Kier molecular flexibility index (Phi) is 6.65. The van der Waals surface area contributed by atoms with Crippen molar-refractivity contribution in [2.45, 2.75) is 44.8 Å². The maximum absolute atomic E-state index is 10.8. The summed E-state index contributed by atoms with van der Waals surface area (Å²) in [6.45, 7) is 4.36. The van der Waals surface area contributed by atoms with Crippen LogP contribution in [0.1, 0.15) is 32.6 Å². The molecule has 1 fully saturated rings. The zero-order valence-corrected chi connectivity index (χ0v) is 13.6. The number of aliphatic imine (C=N–C) groups is 1.